The molecule has 4 aromatic carbocycles. The van der Waals surface area contributed by atoms with Crippen molar-refractivity contribution in [1.29, 1.82) is 0 Å². The number of aromatic carboxylic acids is 1. The van der Waals surface area contributed by atoms with Crippen molar-refractivity contribution in [3.8, 4) is 22.6 Å². The largest absolute Gasteiger partial charge is 0.492 e. The predicted molar refractivity (Wildman–Crippen MR) is 163 cm³/mol. The molecule has 0 aromatic heterocycles. The van der Waals surface area contributed by atoms with Crippen molar-refractivity contribution in [3.63, 3.8) is 0 Å². The third-order valence-electron chi connectivity index (χ3n) is 6.82. The molecule has 8 heteroatoms. The average Bonchev–Trinajstić information content (AvgIpc) is 3.01. The fourth-order valence-electron chi connectivity index (χ4n) is 4.59. The first-order valence-electron chi connectivity index (χ1n) is 13.5. The van der Waals surface area contributed by atoms with Gasteiger partial charge < -0.3 is 19.9 Å². The van der Waals surface area contributed by atoms with Crippen LogP contribution in [0.15, 0.2) is 97.1 Å². The Kier molecular flexibility index (Phi) is 9.57. The predicted octanol–water partition coefficient (Wildman–Crippen LogP) is 6.31. The molecule has 2 N–H and O–H groups in total. The molecule has 210 valence electrons. The second kappa shape index (κ2) is 13.9. The Morgan fingerprint density at radius 2 is 1.54 bits per heavy atom. The van der Waals surface area contributed by atoms with E-state index >= 15 is 0 Å². The zero-order valence-electron chi connectivity index (χ0n) is 22.6. The number of ether oxygens (including phenoxy) is 2. The number of carbonyl (C=O) groups is 2. The summed E-state index contributed by atoms with van der Waals surface area (Å²) in [5.41, 5.74) is 3.12. The van der Waals surface area contributed by atoms with Crippen LogP contribution in [0.4, 0.5) is 5.69 Å². The second-order valence-corrected chi connectivity index (χ2v) is 10.8. The Morgan fingerprint density at radius 1 is 0.805 bits per heavy atom. The molecule has 0 radical (unpaired) electrons. The van der Waals surface area contributed by atoms with Crippen LogP contribution in [0, 0.1) is 0 Å². The lowest BCUT2D eigenvalue weighted by molar-refractivity contribution is 0.0698. The summed E-state index contributed by atoms with van der Waals surface area (Å²) >= 11 is 1.96. The molecule has 1 amide bonds. The summed E-state index contributed by atoms with van der Waals surface area (Å²) in [4.78, 5) is 28.1. The average molecular weight is 569 g/mol. The highest BCUT2D eigenvalue weighted by molar-refractivity contribution is 7.99. The minimum absolute atomic E-state index is 0.00288. The van der Waals surface area contributed by atoms with E-state index in [1.54, 1.807) is 30.3 Å². The lowest BCUT2D eigenvalue weighted by Gasteiger charge is -2.25. The summed E-state index contributed by atoms with van der Waals surface area (Å²) in [6.45, 7) is 3.67. The quantitative estimate of drug-likeness (QED) is 0.219. The lowest BCUT2D eigenvalue weighted by atomic mass is 10.0. The lowest BCUT2D eigenvalue weighted by Crippen LogP contribution is -2.35. The number of carboxylic acid groups (broad SMARTS) is 1. The number of anilines is 1. The van der Waals surface area contributed by atoms with E-state index in [4.69, 9.17) is 9.47 Å². The first kappa shape index (κ1) is 28.3. The molecular formula is C33H32N2O5S. The van der Waals surface area contributed by atoms with Crippen LogP contribution in [0.25, 0.3) is 11.1 Å². The molecule has 0 aliphatic carbocycles. The fraction of sp³-hybridized carbons (Fsp3) is 0.212. The minimum atomic E-state index is -1.13. The Hall–Kier alpha value is -4.27. The Labute approximate surface area is 244 Å². The first-order chi connectivity index (χ1) is 20.1. The molecule has 0 unspecified atom stereocenters. The topological polar surface area (TPSA) is 88.1 Å². The van der Waals surface area contributed by atoms with Crippen LogP contribution in [0.5, 0.6) is 11.5 Å². The van der Waals surface area contributed by atoms with Gasteiger partial charge in [-0.15, -0.1) is 0 Å². The van der Waals surface area contributed by atoms with Gasteiger partial charge in [-0.3, -0.25) is 9.69 Å². The number of amides is 1. The zero-order chi connectivity index (χ0) is 28.4. The molecule has 1 heterocycles. The highest BCUT2D eigenvalue weighted by Crippen LogP contribution is 2.30. The Bertz CT molecular complexity index is 1470. The maximum absolute atomic E-state index is 13.7. The molecule has 1 fully saturated rings. The fourth-order valence-corrected chi connectivity index (χ4v) is 5.57. The third-order valence-corrected chi connectivity index (χ3v) is 7.76. The van der Waals surface area contributed by atoms with Crippen LogP contribution in [0.2, 0.25) is 0 Å². The Morgan fingerprint density at radius 3 is 2.27 bits per heavy atom. The molecule has 0 saturated carbocycles. The monoisotopic (exact) mass is 568 g/mol. The zero-order valence-corrected chi connectivity index (χ0v) is 23.4. The number of carbonyl (C=O) groups excluding carboxylic acids is 1. The van der Waals surface area contributed by atoms with Crippen LogP contribution < -0.4 is 14.8 Å². The van der Waals surface area contributed by atoms with Gasteiger partial charge in [0.25, 0.3) is 5.91 Å². The van der Waals surface area contributed by atoms with Gasteiger partial charge in [0.1, 0.15) is 24.7 Å². The van der Waals surface area contributed by atoms with Crippen molar-refractivity contribution in [2.45, 2.75) is 6.61 Å². The van der Waals surface area contributed by atoms with E-state index in [2.05, 4.69) is 10.2 Å². The van der Waals surface area contributed by atoms with Crippen molar-refractivity contribution in [2.24, 2.45) is 0 Å². The number of hydrogen-bond acceptors (Lipinski definition) is 6. The number of carboxylic acids is 1. The van der Waals surface area contributed by atoms with Gasteiger partial charge in [0.15, 0.2) is 0 Å². The minimum Gasteiger partial charge on any atom is -0.492 e. The molecule has 1 aliphatic heterocycles. The van der Waals surface area contributed by atoms with E-state index in [1.807, 2.05) is 72.4 Å². The molecule has 0 bridgehead atoms. The van der Waals surface area contributed by atoms with Crippen molar-refractivity contribution in [2.75, 3.05) is 43.1 Å². The van der Waals surface area contributed by atoms with Gasteiger partial charge >= 0.3 is 5.97 Å². The summed E-state index contributed by atoms with van der Waals surface area (Å²) in [5.74, 6) is 1.56. The van der Waals surface area contributed by atoms with E-state index in [0.717, 1.165) is 47.8 Å². The molecule has 4 aromatic rings. The van der Waals surface area contributed by atoms with E-state index in [1.165, 1.54) is 6.07 Å². The summed E-state index contributed by atoms with van der Waals surface area (Å²) < 4.78 is 12.1. The number of nitrogens with one attached hydrogen (secondary N) is 1. The molecule has 5 rings (SSSR count). The van der Waals surface area contributed by atoms with Gasteiger partial charge in [0.2, 0.25) is 0 Å². The standard InChI is InChI=1S/C33H32N2O5S/c36-32(34-30-21-26(11-13-28(30)33(37)38)25-9-5-2-6-10-25)29-22-27(39-18-15-35-16-19-41-20-17-35)12-14-31(29)40-23-24-7-3-1-4-8-24/h1-14,21-22H,15-20,23H2,(H,34,36)(H,37,38). The number of benzene rings is 4. The van der Waals surface area contributed by atoms with Crippen LogP contribution in [-0.2, 0) is 6.61 Å². The highest BCUT2D eigenvalue weighted by atomic mass is 32.2. The van der Waals surface area contributed by atoms with E-state index < -0.39 is 11.9 Å². The van der Waals surface area contributed by atoms with Crippen LogP contribution in [0.1, 0.15) is 26.3 Å². The van der Waals surface area contributed by atoms with Gasteiger partial charge in [-0.1, -0.05) is 66.7 Å². The van der Waals surface area contributed by atoms with Gasteiger partial charge in [0.05, 0.1) is 16.8 Å². The molecular weight excluding hydrogens is 536 g/mol. The SMILES string of the molecule is O=C(O)c1ccc(-c2ccccc2)cc1NC(=O)c1cc(OCCN2CCSCC2)ccc1OCc1ccccc1. The van der Waals surface area contributed by atoms with Gasteiger partial charge in [-0.2, -0.15) is 11.8 Å². The number of thioether (sulfide) groups is 1. The molecule has 0 atom stereocenters. The van der Waals surface area contributed by atoms with Crippen LogP contribution in [0.3, 0.4) is 0 Å². The van der Waals surface area contributed by atoms with Crippen LogP contribution >= 0.6 is 11.8 Å². The van der Waals surface area contributed by atoms with E-state index in [9.17, 15) is 14.7 Å². The van der Waals surface area contributed by atoms with Gasteiger partial charge in [-0.25, -0.2) is 4.79 Å². The summed E-state index contributed by atoms with van der Waals surface area (Å²) in [6, 6.07) is 29.4. The normalized spacial score (nSPS) is 13.4. The molecule has 1 aliphatic rings. The van der Waals surface area contributed by atoms with E-state index in [-0.39, 0.29) is 23.4 Å². The highest BCUT2D eigenvalue weighted by Gasteiger charge is 2.19. The molecule has 41 heavy (non-hydrogen) atoms. The van der Waals surface area contributed by atoms with Crippen molar-refractivity contribution < 1.29 is 24.2 Å². The first-order valence-corrected chi connectivity index (χ1v) is 14.7. The van der Waals surface area contributed by atoms with Gasteiger partial charge in [0, 0.05) is 31.1 Å². The molecule has 7 nitrogen and oxygen atoms in total. The van der Waals surface area contributed by atoms with Crippen molar-refractivity contribution in [3.05, 3.63) is 114 Å². The summed E-state index contributed by atoms with van der Waals surface area (Å²) in [7, 11) is 0. The maximum Gasteiger partial charge on any atom is 0.337 e. The summed E-state index contributed by atoms with van der Waals surface area (Å²) in [6.07, 6.45) is 0. The van der Waals surface area contributed by atoms with Crippen molar-refractivity contribution in [1.82, 2.24) is 4.90 Å². The number of nitrogens with zero attached hydrogens (tertiary/aromatic N) is 1. The van der Waals surface area contributed by atoms with Gasteiger partial charge in [-0.05, 0) is 47.0 Å². The maximum atomic E-state index is 13.7. The van der Waals surface area contributed by atoms with E-state index in [0.29, 0.717) is 18.1 Å². The number of hydrogen-bond donors (Lipinski definition) is 2. The van der Waals surface area contributed by atoms with Crippen molar-refractivity contribution >= 4 is 29.3 Å². The summed E-state index contributed by atoms with van der Waals surface area (Å²) in [5, 5.41) is 12.6. The smallest absolute Gasteiger partial charge is 0.337 e. The molecule has 0 spiro atoms. The van der Waals surface area contributed by atoms with Crippen LogP contribution in [-0.4, -0.2) is 59.6 Å². The number of rotatable bonds is 11. The Balaban J connectivity index is 1.39. The molecule has 1 saturated heterocycles. The third kappa shape index (κ3) is 7.68. The second-order valence-electron chi connectivity index (χ2n) is 9.62.